The smallest absolute Gasteiger partial charge is 0.0590 e. The highest BCUT2D eigenvalue weighted by molar-refractivity contribution is 7.13. The Bertz CT molecular complexity index is 538. The quantitative estimate of drug-likeness (QED) is 0.833. The summed E-state index contributed by atoms with van der Waals surface area (Å²) in [6.07, 6.45) is 6.09. The van der Waals surface area contributed by atoms with Crippen LogP contribution in [0.5, 0.6) is 0 Å². The van der Waals surface area contributed by atoms with Crippen LogP contribution in [-0.4, -0.2) is 4.37 Å². The maximum Gasteiger partial charge on any atom is 0.0590 e. The van der Waals surface area contributed by atoms with Gasteiger partial charge < -0.3 is 5.73 Å². The minimum absolute atomic E-state index is 0.0964. The Balaban J connectivity index is 2.07. The molecule has 3 rings (SSSR count). The molecular formula is C14H18N2S. The van der Waals surface area contributed by atoms with Gasteiger partial charge in [-0.1, -0.05) is 25.3 Å². The van der Waals surface area contributed by atoms with Crippen molar-refractivity contribution in [3.05, 3.63) is 29.5 Å². The second kappa shape index (κ2) is 4.07. The Hall–Kier alpha value is -0.930. The van der Waals surface area contributed by atoms with Crippen LogP contribution in [0.25, 0.3) is 10.1 Å². The molecule has 0 saturated heterocycles. The van der Waals surface area contributed by atoms with E-state index in [1.165, 1.54) is 34.9 Å². The van der Waals surface area contributed by atoms with Crippen LogP contribution in [0.4, 0.5) is 0 Å². The normalized spacial score (nSPS) is 19.6. The number of fused-ring (bicyclic) bond motifs is 1. The highest BCUT2D eigenvalue weighted by Gasteiger charge is 2.29. The molecule has 1 aliphatic carbocycles. The molecule has 0 amide bonds. The van der Waals surface area contributed by atoms with E-state index >= 15 is 0 Å². The zero-order chi connectivity index (χ0) is 11.9. The van der Waals surface area contributed by atoms with Crippen LogP contribution >= 0.6 is 11.5 Å². The Morgan fingerprint density at radius 1 is 1.24 bits per heavy atom. The summed E-state index contributed by atoms with van der Waals surface area (Å²) in [6.45, 7) is 2.08. The third-order valence-electron chi connectivity index (χ3n) is 3.97. The first-order valence-electron chi connectivity index (χ1n) is 6.34. The Labute approximate surface area is 106 Å². The van der Waals surface area contributed by atoms with Crippen molar-refractivity contribution in [2.75, 3.05) is 0 Å². The lowest BCUT2D eigenvalue weighted by Gasteiger charge is -2.34. The summed E-state index contributed by atoms with van der Waals surface area (Å²) < 4.78 is 5.67. The van der Waals surface area contributed by atoms with Crippen LogP contribution in [0.3, 0.4) is 0 Å². The molecule has 0 aliphatic heterocycles. The van der Waals surface area contributed by atoms with Crippen LogP contribution in [0.2, 0.25) is 0 Å². The minimum Gasteiger partial charge on any atom is -0.321 e. The zero-order valence-corrected chi connectivity index (χ0v) is 11.0. The van der Waals surface area contributed by atoms with E-state index in [2.05, 4.69) is 29.5 Å². The van der Waals surface area contributed by atoms with Crippen molar-refractivity contribution < 1.29 is 0 Å². The number of hydrogen-bond acceptors (Lipinski definition) is 3. The van der Waals surface area contributed by atoms with E-state index in [9.17, 15) is 0 Å². The maximum absolute atomic E-state index is 6.57. The first-order chi connectivity index (χ1) is 8.19. The molecule has 1 fully saturated rings. The lowest BCUT2D eigenvalue weighted by Crippen LogP contribution is -2.38. The summed E-state index contributed by atoms with van der Waals surface area (Å²) in [5, 5.41) is 1.28. The van der Waals surface area contributed by atoms with Gasteiger partial charge >= 0.3 is 0 Å². The molecular weight excluding hydrogens is 228 g/mol. The van der Waals surface area contributed by atoms with Gasteiger partial charge in [0.15, 0.2) is 0 Å². The summed E-state index contributed by atoms with van der Waals surface area (Å²) in [5.41, 5.74) is 8.91. The number of rotatable bonds is 1. The van der Waals surface area contributed by atoms with Crippen molar-refractivity contribution >= 4 is 21.6 Å². The predicted octanol–water partition coefficient (Wildman–Crippen LogP) is 3.72. The van der Waals surface area contributed by atoms with Gasteiger partial charge in [0.2, 0.25) is 0 Å². The van der Waals surface area contributed by atoms with Gasteiger partial charge in [0.05, 0.1) is 10.4 Å². The first kappa shape index (κ1) is 11.2. The number of aryl methyl sites for hydroxylation is 1. The minimum atomic E-state index is -0.0964. The molecule has 2 nitrogen and oxygen atoms in total. The Morgan fingerprint density at radius 3 is 2.76 bits per heavy atom. The molecule has 90 valence electrons. The van der Waals surface area contributed by atoms with Gasteiger partial charge in [-0.25, -0.2) is 0 Å². The summed E-state index contributed by atoms with van der Waals surface area (Å²) in [7, 11) is 0. The number of nitrogens with zero attached hydrogens (tertiary/aromatic N) is 1. The number of nitrogens with two attached hydrogens (primary N) is 1. The first-order valence-corrected chi connectivity index (χ1v) is 7.12. The van der Waals surface area contributed by atoms with Crippen LogP contribution in [-0.2, 0) is 5.54 Å². The summed E-state index contributed by atoms with van der Waals surface area (Å²) in [5.74, 6) is 0. The molecule has 0 spiro atoms. The van der Waals surface area contributed by atoms with Crippen LogP contribution in [0.15, 0.2) is 18.2 Å². The van der Waals surface area contributed by atoms with Gasteiger partial charge in [0.1, 0.15) is 0 Å². The molecule has 0 unspecified atom stereocenters. The molecule has 0 bridgehead atoms. The molecule has 17 heavy (non-hydrogen) atoms. The van der Waals surface area contributed by atoms with Crippen LogP contribution < -0.4 is 5.73 Å². The lowest BCUT2D eigenvalue weighted by molar-refractivity contribution is 0.302. The van der Waals surface area contributed by atoms with Gasteiger partial charge in [-0.3, -0.25) is 0 Å². The molecule has 1 aromatic heterocycles. The summed E-state index contributed by atoms with van der Waals surface area (Å²) in [6, 6.07) is 6.64. The standard InChI is InChI=1S/C14H18N2S/c1-10-12-9-11(5-6-13(12)17-16-10)14(15)7-3-2-4-8-14/h5-6,9H,2-4,7-8,15H2,1H3. The maximum atomic E-state index is 6.57. The van der Waals surface area contributed by atoms with Gasteiger partial charge in [0.25, 0.3) is 0 Å². The largest absolute Gasteiger partial charge is 0.321 e. The average Bonchev–Trinajstić information content (AvgIpc) is 2.72. The molecule has 0 radical (unpaired) electrons. The van der Waals surface area contributed by atoms with E-state index in [0.29, 0.717) is 0 Å². The molecule has 1 aromatic carbocycles. The number of hydrogen-bond donors (Lipinski definition) is 1. The van der Waals surface area contributed by atoms with Crippen molar-refractivity contribution in [2.45, 2.75) is 44.6 Å². The van der Waals surface area contributed by atoms with Crippen molar-refractivity contribution in [1.82, 2.24) is 4.37 Å². The SMILES string of the molecule is Cc1nsc2ccc(C3(N)CCCCC3)cc12. The predicted molar refractivity (Wildman–Crippen MR) is 73.3 cm³/mol. The van der Waals surface area contributed by atoms with Crippen molar-refractivity contribution in [2.24, 2.45) is 5.73 Å². The fraction of sp³-hybridized carbons (Fsp3) is 0.500. The second-order valence-corrected chi connectivity index (χ2v) is 6.00. The monoisotopic (exact) mass is 246 g/mol. The molecule has 3 heteroatoms. The van der Waals surface area contributed by atoms with E-state index in [4.69, 9.17) is 5.73 Å². The van der Waals surface area contributed by atoms with Crippen molar-refractivity contribution in [3.63, 3.8) is 0 Å². The number of aromatic nitrogens is 1. The third-order valence-corrected chi connectivity index (χ3v) is 4.89. The molecule has 2 N–H and O–H groups in total. The van der Waals surface area contributed by atoms with Gasteiger partial charge in [-0.05, 0) is 49.0 Å². The van der Waals surface area contributed by atoms with Crippen molar-refractivity contribution in [1.29, 1.82) is 0 Å². The van der Waals surface area contributed by atoms with Crippen LogP contribution in [0, 0.1) is 6.92 Å². The van der Waals surface area contributed by atoms with E-state index in [1.807, 2.05) is 0 Å². The van der Waals surface area contributed by atoms with E-state index < -0.39 is 0 Å². The van der Waals surface area contributed by atoms with E-state index in [0.717, 1.165) is 18.5 Å². The highest BCUT2D eigenvalue weighted by atomic mass is 32.1. The summed E-state index contributed by atoms with van der Waals surface area (Å²) >= 11 is 1.58. The fourth-order valence-corrected chi connectivity index (χ4v) is 3.61. The fourth-order valence-electron chi connectivity index (χ4n) is 2.84. The molecule has 2 aromatic rings. The van der Waals surface area contributed by atoms with E-state index in [-0.39, 0.29) is 5.54 Å². The molecule has 1 heterocycles. The second-order valence-electron chi connectivity index (χ2n) is 5.20. The average molecular weight is 246 g/mol. The van der Waals surface area contributed by atoms with Gasteiger partial charge in [-0.15, -0.1) is 0 Å². The van der Waals surface area contributed by atoms with E-state index in [1.54, 1.807) is 11.5 Å². The van der Waals surface area contributed by atoms with Crippen molar-refractivity contribution in [3.8, 4) is 0 Å². The third kappa shape index (κ3) is 1.87. The van der Waals surface area contributed by atoms with Gasteiger partial charge in [0, 0.05) is 10.9 Å². The Morgan fingerprint density at radius 2 is 2.00 bits per heavy atom. The molecule has 1 aliphatic rings. The topological polar surface area (TPSA) is 38.9 Å². The molecule has 0 atom stereocenters. The highest BCUT2D eigenvalue weighted by Crippen LogP contribution is 2.36. The number of benzene rings is 1. The van der Waals surface area contributed by atoms with Crippen LogP contribution in [0.1, 0.15) is 43.4 Å². The zero-order valence-electron chi connectivity index (χ0n) is 10.2. The summed E-state index contributed by atoms with van der Waals surface area (Å²) in [4.78, 5) is 0. The lowest BCUT2D eigenvalue weighted by atomic mass is 9.77. The molecule has 1 saturated carbocycles. The Kier molecular flexibility index (Phi) is 2.68. The van der Waals surface area contributed by atoms with Gasteiger partial charge in [-0.2, -0.15) is 4.37 Å².